The fraction of sp³-hybridized carbons (Fsp3) is 0.333. The van der Waals surface area contributed by atoms with Gasteiger partial charge in [-0.1, -0.05) is 17.7 Å². The SMILES string of the molecule is COc1nc(C)c(C)c(OCc2ccc(C(F)(F)F)c(Cl)c2)n1. The Morgan fingerprint density at radius 2 is 1.87 bits per heavy atom. The summed E-state index contributed by atoms with van der Waals surface area (Å²) in [5.74, 6) is 0.311. The van der Waals surface area contributed by atoms with Crippen molar-refractivity contribution in [1.29, 1.82) is 0 Å². The van der Waals surface area contributed by atoms with Gasteiger partial charge in [-0.25, -0.2) is 4.98 Å². The molecule has 0 bridgehead atoms. The summed E-state index contributed by atoms with van der Waals surface area (Å²) in [6.45, 7) is 3.59. The van der Waals surface area contributed by atoms with Crippen LogP contribution in [0.15, 0.2) is 18.2 Å². The Balaban J connectivity index is 2.19. The second kappa shape index (κ2) is 6.62. The summed E-state index contributed by atoms with van der Waals surface area (Å²) in [4.78, 5) is 8.18. The molecule has 1 aromatic heterocycles. The smallest absolute Gasteiger partial charge is 0.417 e. The van der Waals surface area contributed by atoms with Crippen molar-refractivity contribution in [3.8, 4) is 11.9 Å². The molecule has 1 aromatic carbocycles. The zero-order chi connectivity index (χ0) is 17.2. The van der Waals surface area contributed by atoms with E-state index in [1.54, 1.807) is 13.8 Å². The maximum atomic E-state index is 12.7. The van der Waals surface area contributed by atoms with Gasteiger partial charge < -0.3 is 9.47 Å². The number of halogens is 4. The number of benzene rings is 1. The molecule has 0 aliphatic rings. The summed E-state index contributed by atoms with van der Waals surface area (Å²) < 4.78 is 48.5. The van der Waals surface area contributed by atoms with Crippen LogP contribution in [-0.4, -0.2) is 17.1 Å². The highest BCUT2D eigenvalue weighted by atomic mass is 35.5. The normalized spacial score (nSPS) is 11.4. The number of alkyl halides is 3. The Hall–Kier alpha value is -2.02. The van der Waals surface area contributed by atoms with Crippen molar-refractivity contribution in [1.82, 2.24) is 9.97 Å². The molecule has 0 amide bonds. The van der Waals surface area contributed by atoms with Gasteiger partial charge in [-0.05, 0) is 31.5 Å². The van der Waals surface area contributed by atoms with Crippen LogP contribution in [0.4, 0.5) is 13.2 Å². The molecule has 1 heterocycles. The molecule has 0 unspecified atom stereocenters. The van der Waals surface area contributed by atoms with Crippen LogP contribution in [0.3, 0.4) is 0 Å². The molecular formula is C15H14ClF3N2O2. The third kappa shape index (κ3) is 4.04. The molecule has 2 aromatic rings. The number of nitrogens with zero attached hydrogens (tertiary/aromatic N) is 2. The van der Waals surface area contributed by atoms with Crippen LogP contribution in [0.5, 0.6) is 11.9 Å². The van der Waals surface area contributed by atoms with Gasteiger partial charge in [0.05, 0.1) is 23.4 Å². The van der Waals surface area contributed by atoms with Gasteiger partial charge >= 0.3 is 12.2 Å². The Morgan fingerprint density at radius 1 is 1.17 bits per heavy atom. The third-order valence-corrected chi connectivity index (χ3v) is 3.53. The van der Waals surface area contributed by atoms with Gasteiger partial charge in [0.15, 0.2) is 0 Å². The Labute approximate surface area is 136 Å². The third-order valence-electron chi connectivity index (χ3n) is 3.22. The molecule has 0 saturated heterocycles. The van der Waals surface area contributed by atoms with Crippen LogP contribution < -0.4 is 9.47 Å². The molecule has 0 radical (unpaired) electrons. The Bertz CT molecular complexity index is 721. The molecule has 4 nitrogen and oxygen atoms in total. The van der Waals surface area contributed by atoms with Crippen LogP contribution in [0.1, 0.15) is 22.4 Å². The van der Waals surface area contributed by atoms with Crippen molar-refractivity contribution in [2.24, 2.45) is 0 Å². The lowest BCUT2D eigenvalue weighted by atomic mass is 10.1. The van der Waals surface area contributed by atoms with E-state index in [-0.39, 0.29) is 17.6 Å². The van der Waals surface area contributed by atoms with Crippen LogP contribution in [0.2, 0.25) is 5.02 Å². The van der Waals surface area contributed by atoms with Crippen molar-refractivity contribution in [3.05, 3.63) is 45.6 Å². The second-order valence-corrected chi connectivity index (χ2v) is 5.23. The van der Waals surface area contributed by atoms with Crippen molar-refractivity contribution in [3.63, 3.8) is 0 Å². The van der Waals surface area contributed by atoms with Crippen LogP contribution in [0, 0.1) is 13.8 Å². The number of hydrogen-bond donors (Lipinski definition) is 0. The molecule has 0 N–H and O–H groups in total. The van der Waals surface area contributed by atoms with Crippen LogP contribution >= 0.6 is 11.6 Å². The number of hydrogen-bond acceptors (Lipinski definition) is 4. The van der Waals surface area contributed by atoms with E-state index in [0.29, 0.717) is 17.1 Å². The molecule has 0 saturated carbocycles. The van der Waals surface area contributed by atoms with Gasteiger partial charge in [0.25, 0.3) is 0 Å². The number of aromatic nitrogens is 2. The number of ether oxygens (including phenoxy) is 2. The first kappa shape index (κ1) is 17.3. The summed E-state index contributed by atoms with van der Waals surface area (Å²) in [6.07, 6.45) is -4.48. The van der Waals surface area contributed by atoms with Crippen molar-refractivity contribution in [2.45, 2.75) is 26.6 Å². The highest BCUT2D eigenvalue weighted by molar-refractivity contribution is 6.31. The molecular weight excluding hydrogens is 333 g/mol. The van der Waals surface area contributed by atoms with E-state index in [1.165, 1.54) is 19.2 Å². The van der Waals surface area contributed by atoms with Crippen LogP contribution in [-0.2, 0) is 12.8 Å². The molecule has 8 heteroatoms. The van der Waals surface area contributed by atoms with Crippen molar-refractivity contribution < 1.29 is 22.6 Å². The molecule has 23 heavy (non-hydrogen) atoms. The minimum Gasteiger partial charge on any atom is -0.472 e. The Kier molecular flexibility index (Phi) is 4.99. The number of methoxy groups -OCH3 is 1. The highest BCUT2D eigenvalue weighted by Gasteiger charge is 2.33. The monoisotopic (exact) mass is 346 g/mol. The van der Waals surface area contributed by atoms with Gasteiger partial charge in [0.1, 0.15) is 6.61 Å². The fourth-order valence-electron chi connectivity index (χ4n) is 1.84. The van der Waals surface area contributed by atoms with Gasteiger partial charge in [-0.15, -0.1) is 0 Å². The molecule has 0 fully saturated rings. The quantitative estimate of drug-likeness (QED) is 0.825. The van der Waals surface area contributed by atoms with E-state index in [4.69, 9.17) is 21.1 Å². The van der Waals surface area contributed by atoms with Crippen LogP contribution in [0.25, 0.3) is 0 Å². The number of aryl methyl sites for hydroxylation is 1. The molecule has 0 aliphatic heterocycles. The van der Waals surface area contributed by atoms with Gasteiger partial charge in [0.2, 0.25) is 5.88 Å². The standard InChI is InChI=1S/C15H14ClF3N2O2/c1-8-9(2)20-14(22-3)21-13(8)23-7-10-4-5-11(12(16)6-10)15(17,18)19/h4-6H,7H2,1-3H3. The first-order valence-electron chi connectivity index (χ1n) is 6.60. The van der Waals surface area contributed by atoms with E-state index in [9.17, 15) is 13.2 Å². The van der Waals surface area contributed by atoms with E-state index in [2.05, 4.69) is 9.97 Å². The minimum atomic E-state index is -4.48. The summed E-state index contributed by atoms with van der Waals surface area (Å²) in [7, 11) is 1.43. The van der Waals surface area contributed by atoms with E-state index in [1.807, 2.05) is 0 Å². The number of rotatable bonds is 4. The zero-order valence-corrected chi connectivity index (χ0v) is 13.4. The average Bonchev–Trinajstić information content (AvgIpc) is 2.47. The second-order valence-electron chi connectivity index (χ2n) is 4.83. The molecule has 0 spiro atoms. The Morgan fingerprint density at radius 3 is 2.43 bits per heavy atom. The first-order chi connectivity index (χ1) is 10.7. The van der Waals surface area contributed by atoms with Gasteiger partial charge in [-0.2, -0.15) is 18.2 Å². The van der Waals surface area contributed by atoms with Crippen molar-refractivity contribution >= 4 is 11.6 Å². The predicted molar refractivity (Wildman–Crippen MR) is 78.8 cm³/mol. The largest absolute Gasteiger partial charge is 0.472 e. The molecule has 0 aliphatic carbocycles. The topological polar surface area (TPSA) is 44.2 Å². The first-order valence-corrected chi connectivity index (χ1v) is 6.98. The van der Waals surface area contributed by atoms with Crippen molar-refractivity contribution in [2.75, 3.05) is 7.11 Å². The zero-order valence-electron chi connectivity index (χ0n) is 12.7. The summed E-state index contributed by atoms with van der Waals surface area (Å²) in [5.41, 5.74) is 1.04. The molecule has 0 atom stereocenters. The minimum absolute atomic E-state index is 0.0261. The lowest BCUT2D eigenvalue weighted by Crippen LogP contribution is -2.07. The van der Waals surface area contributed by atoms with E-state index >= 15 is 0 Å². The lowest BCUT2D eigenvalue weighted by molar-refractivity contribution is -0.137. The van der Waals surface area contributed by atoms with E-state index in [0.717, 1.165) is 11.6 Å². The average molecular weight is 347 g/mol. The molecule has 124 valence electrons. The highest BCUT2D eigenvalue weighted by Crippen LogP contribution is 2.35. The van der Waals surface area contributed by atoms with Gasteiger partial charge in [-0.3, -0.25) is 0 Å². The maximum Gasteiger partial charge on any atom is 0.417 e. The predicted octanol–water partition coefficient (Wildman–Crippen LogP) is 4.35. The van der Waals surface area contributed by atoms with E-state index < -0.39 is 11.7 Å². The summed E-state index contributed by atoms with van der Waals surface area (Å²) in [5, 5.41) is -0.369. The fourth-order valence-corrected chi connectivity index (χ4v) is 2.15. The summed E-state index contributed by atoms with van der Waals surface area (Å²) in [6, 6.07) is 3.63. The molecule has 2 rings (SSSR count). The summed E-state index contributed by atoms with van der Waals surface area (Å²) >= 11 is 5.68. The van der Waals surface area contributed by atoms with Gasteiger partial charge in [0, 0.05) is 5.56 Å². The lowest BCUT2D eigenvalue weighted by Gasteiger charge is -2.13. The maximum absolute atomic E-state index is 12.7.